The van der Waals surface area contributed by atoms with E-state index in [0.717, 1.165) is 0 Å². The van der Waals surface area contributed by atoms with E-state index >= 15 is 0 Å². The second-order valence-electron chi connectivity index (χ2n) is 6.11. The number of ether oxygens (including phenoxy) is 1. The quantitative estimate of drug-likeness (QED) is 0.736. The molecule has 1 heterocycles. The molecule has 0 saturated carbocycles. The smallest absolute Gasteiger partial charge is 0.344 e. The summed E-state index contributed by atoms with van der Waals surface area (Å²) >= 11 is 0. The van der Waals surface area contributed by atoms with Crippen molar-refractivity contribution in [3.05, 3.63) is 11.3 Å². The van der Waals surface area contributed by atoms with Crippen LogP contribution in [0.15, 0.2) is 0 Å². The third kappa shape index (κ3) is 3.22. The highest BCUT2D eigenvalue weighted by atomic mass is 16.6. The van der Waals surface area contributed by atoms with Crippen LogP contribution in [0.25, 0.3) is 0 Å². The van der Waals surface area contributed by atoms with Crippen molar-refractivity contribution >= 4 is 11.8 Å². The molecule has 5 nitrogen and oxygen atoms in total. The molecule has 0 spiro atoms. The lowest BCUT2D eigenvalue weighted by Crippen LogP contribution is -2.26. The number of carbonyl (C=O) groups is 1. The lowest BCUT2D eigenvalue weighted by atomic mass is 9.89. The molecule has 0 atom stereocenters. The van der Waals surface area contributed by atoms with Crippen LogP contribution >= 0.6 is 0 Å². The third-order valence-electron chi connectivity index (χ3n) is 2.15. The van der Waals surface area contributed by atoms with E-state index in [1.165, 1.54) is 0 Å². The van der Waals surface area contributed by atoms with Crippen molar-refractivity contribution in [2.24, 2.45) is 0 Å². The fraction of sp³-hybridized carbons (Fsp3) is 0.667. The van der Waals surface area contributed by atoms with Gasteiger partial charge in [-0.2, -0.15) is 5.10 Å². The van der Waals surface area contributed by atoms with E-state index in [1.807, 2.05) is 41.5 Å². The van der Waals surface area contributed by atoms with Crippen LogP contribution in [0, 0.1) is 0 Å². The Labute approximate surface area is 102 Å². The van der Waals surface area contributed by atoms with E-state index in [2.05, 4.69) is 10.2 Å². The lowest BCUT2D eigenvalue weighted by Gasteiger charge is -2.22. The first kappa shape index (κ1) is 13.5. The van der Waals surface area contributed by atoms with Gasteiger partial charge in [0.2, 0.25) is 0 Å². The van der Waals surface area contributed by atoms with Crippen LogP contribution in [0.3, 0.4) is 0 Å². The minimum Gasteiger partial charge on any atom is -0.456 e. The fourth-order valence-corrected chi connectivity index (χ4v) is 1.43. The van der Waals surface area contributed by atoms with Crippen LogP contribution in [0.2, 0.25) is 0 Å². The molecule has 1 aromatic heterocycles. The number of H-pyrrole nitrogens is 1. The lowest BCUT2D eigenvalue weighted by molar-refractivity contribution is 0.00683. The van der Waals surface area contributed by atoms with E-state index in [4.69, 9.17) is 10.5 Å². The van der Waals surface area contributed by atoms with Gasteiger partial charge in [0.05, 0.1) is 5.69 Å². The van der Waals surface area contributed by atoms with Crippen molar-refractivity contribution in [1.82, 2.24) is 10.2 Å². The SMILES string of the molecule is CC(C)(C)OC(=O)c1c(N)n[nH]c1C(C)(C)C. The summed E-state index contributed by atoms with van der Waals surface area (Å²) in [5, 5.41) is 6.69. The fourth-order valence-electron chi connectivity index (χ4n) is 1.43. The summed E-state index contributed by atoms with van der Waals surface area (Å²) in [7, 11) is 0. The number of hydrogen-bond donors (Lipinski definition) is 2. The van der Waals surface area contributed by atoms with E-state index in [1.54, 1.807) is 0 Å². The maximum absolute atomic E-state index is 12.0. The average Bonchev–Trinajstić information content (AvgIpc) is 2.42. The van der Waals surface area contributed by atoms with Crippen molar-refractivity contribution in [2.75, 3.05) is 5.73 Å². The molecule has 0 saturated heterocycles. The number of rotatable bonds is 1. The van der Waals surface area contributed by atoms with Gasteiger partial charge >= 0.3 is 5.97 Å². The van der Waals surface area contributed by atoms with E-state index in [9.17, 15) is 4.79 Å². The number of aromatic nitrogens is 2. The topological polar surface area (TPSA) is 81.0 Å². The number of nitrogens with two attached hydrogens (primary N) is 1. The Hall–Kier alpha value is -1.52. The third-order valence-corrected chi connectivity index (χ3v) is 2.15. The number of aromatic amines is 1. The molecule has 96 valence electrons. The Kier molecular flexibility index (Phi) is 3.23. The maximum Gasteiger partial charge on any atom is 0.344 e. The van der Waals surface area contributed by atoms with E-state index in [0.29, 0.717) is 11.3 Å². The molecular formula is C12H21N3O2. The summed E-state index contributed by atoms with van der Waals surface area (Å²) in [5.74, 6) is -0.252. The number of esters is 1. The molecule has 1 rings (SSSR count). The summed E-state index contributed by atoms with van der Waals surface area (Å²) in [5.41, 5.74) is 5.97. The molecule has 0 aliphatic heterocycles. The molecule has 3 N–H and O–H groups in total. The van der Waals surface area contributed by atoms with Crippen LogP contribution < -0.4 is 5.73 Å². The minimum atomic E-state index is -0.546. The van der Waals surface area contributed by atoms with Gasteiger partial charge in [-0.1, -0.05) is 20.8 Å². The van der Waals surface area contributed by atoms with Gasteiger partial charge in [0.1, 0.15) is 11.2 Å². The highest BCUT2D eigenvalue weighted by Crippen LogP contribution is 2.28. The van der Waals surface area contributed by atoms with Gasteiger partial charge < -0.3 is 10.5 Å². The maximum atomic E-state index is 12.0. The normalized spacial score (nSPS) is 12.6. The van der Waals surface area contributed by atoms with Crippen molar-refractivity contribution in [2.45, 2.75) is 52.6 Å². The molecule has 0 aromatic carbocycles. The van der Waals surface area contributed by atoms with Gasteiger partial charge in [-0.15, -0.1) is 0 Å². The van der Waals surface area contributed by atoms with Gasteiger partial charge in [-0.3, -0.25) is 5.10 Å². The molecule has 0 aliphatic carbocycles. The minimum absolute atomic E-state index is 0.184. The summed E-state index contributed by atoms with van der Waals surface area (Å²) in [6.45, 7) is 11.4. The Balaban J connectivity index is 3.14. The largest absolute Gasteiger partial charge is 0.456 e. The second-order valence-corrected chi connectivity index (χ2v) is 6.11. The zero-order chi connectivity index (χ0) is 13.4. The van der Waals surface area contributed by atoms with Gasteiger partial charge in [0.25, 0.3) is 0 Å². The first-order valence-corrected chi connectivity index (χ1v) is 5.60. The zero-order valence-corrected chi connectivity index (χ0v) is 11.3. The molecule has 0 amide bonds. The number of nitrogen functional groups attached to an aromatic ring is 1. The molecule has 1 aromatic rings. The van der Waals surface area contributed by atoms with Crippen molar-refractivity contribution in [1.29, 1.82) is 0 Å². The second kappa shape index (κ2) is 4.05. The van der Waals surface area contributed by atoms with Gasteiger partial charge in [-0.25, -0.2) is 4.79 Å². The Morgan fingerprint density at radius 1 is 1.24 bits per heavy atom. The molecule has 17 heavy (non-hydrogen) atoms. The Morgan fingerprint density at radius 3 is 2.18 bits per heavy atom. The van der Waals surface area contributed by atoms with Gasteiger partial charge in [-0.05, 0) is 20.8 Å². The highest BCUT2D eigenvalue weighted by molar-refractivity contribution is 5.96. The highest BCUT2D eigenvalue weighted by Gasteiger charge is 2.30. The first-order valence-electron chi connectivity index (χ1n) is 5.60. The van der Waals surface area contributed by atoms with Crippen LogP contribution in [0.5, 0.6) is 0 Å². The number of hydrogen-bond acceptors (Lipinski definition) is 4. The number of anilines is 1. The number of nitrogens with zero attached hydrogens (tertiary/aromatic N) is 1. The summed E-state index contributed by atoms with van der Waals surface area (Å²) < 4.78 is 5.32. The number of nitrogens with one attached hydrogen (secondary N) is 1. The van der Waals surface area contributed by atoms with Gasteiger partial charge in [0, 0.05) is 5.41 Å². The predicted molar refractivity (Wildman–Crippen MR) is 66.9 cm³/mol. The average molecular weight is 239 g/mol. The molecule has 0 aliphatic rings. The Morgan fingerprint density at radius 2 is 1.76 bits per heavy atom. The van der Waals surface area contributed by atoms with E-state index < -0.39 is 11.6 Å². The monoisotopic (exact) mass is 239 g/mol. The summed E-state index contributed by atoms with van der Waals surface area (Å²) in [6, 6.07) is 0. The van der Waals surface area contributed by atoms with E-state index in [-0.39, 0.29) is 11.2 Å². The molecule has 0 unspecified atom stereocenters. The van der Waals surface area contributed by atoms with Crippen molar-refractivity contribution in [3.8, 4) is 0 Å². The standard InChI is InChI=1S/C12H21N3O2/c1-11(2,3)8-7(9(13)15-14-8)10(16)17-12(4,5)6/h1-6H3,(H3,13,14,15). The summed E-state index contributed by atoms with van der Waals surface area (Å²) in [6.07, 6.45) is 0. The zero-order valence-electron chi connectivity index (χ0n) is 11.3. The van der Waals surface area contributed by atoms with Crippen LogP contribution in [0.4, 0.5) is 5.82 Å². The van der Waals surface area contributed by atoms with Crippen LogP contribution in [-0.4, -0.2) is 21.8 Å². The molecule has 5 heteroatoms. The van der Waals surface area contributed by atoms with Crippen molar-refractivity contribution < 1.29 is 9.53 Å². The number of carbonyl (C=O) groups excluding carboxylic acids is 1. The molecule has 0 fully saturated rings. The molecular weight excluding hydrogens is 218 g/mol. The van der Waals surface area contributed by atoms with Crippen LogP contribution in [0.1, 0.15) is 57.6 Å². The molecule has 0 radical (unpaired) electrons. The molecule has 0 bridgehead atoms. The first-order chi connectivity index (χ1) is 7.52. The Bertz CT molecular complexity index is 422. The predicted octanol–water partition coefficient (Wildman–Crippen LogP) is 2.24. The van der Waals surface area contributed by atoms with Crippen LogP contribution in [-0.2, 0) is 10.2 Å². The van der Waals surface area contributed by atoms with Gasteiger partial charge in [0.15, 0.2) is 5.82 Å². The van der Waals surface area contributed by atoms with Crippen molar-refractivity contribution in [3.63, 3.8) is 0 Å². The summed E-state index contributed by atoms with van der Waals surface area (Å²) in [4.78, 5) is 12.0.